The fourth-order valence-corrected chi connectivity index (χ4v) is 1.52. The largest absolute Gasteiger partial charge is 0.486 e. The topological polar surface area (TPSA) is 52.1 Å². The number of fused-ring (bicyclic) bond motifs is 1. The molecule has 0 aliphatic carbocycles. The number of Topliss-reactive ketones (excluding diaryl/α,β-unsaturated/α-hetero) is 1. The number of carbonyl (C=O) groups excluding carboxylic acids is 1. The summed E-state index contributed by atoms with van der Waals surface area (Å²) in [6, 6.07) is 5.32. The van der Waals surface area contributed by atoms with Gasteiger partial charge in [0.05, 0.1) is 7.05 Å². The maximum Gasteiger partial charge on any atom is 0.216 e. The smallest absolute Gasteiger partial charge is 0.216 e. The lowest BCUT2D eigenvalue weighted by atomic mass is 10.1. The summed E-state index contributed by atoms with van der Waals surface area (Å²) in [5.74, 6) is 1.50. The summed E-state index contributed by atoms with van der Waals surface area (Å²) < 4.78 is 10.8. The Bertz CT molecular complexity index is 376. The van der Waals surface area contributed by atoms with Crippen LogP contribution in [0.3, 0.4) is 0 Å². The number of rotatable bonds is 3. The molecular weight excluding hydrogens is 194 g/mol. The summed E-state index contributed by atoms with van der Waals surface area (Å²) in [6.07, 6.45) is 0. The third-order valence-electron chi connectivity index (χ3n) is 2.25. The average Bonchev–Trinajstić information content (AvgIpc) is 2.29. The van der Waals surface area contributed by atoms with E-state index >= 15 is 0 Å². The Hall–Kier alpha value is -1.55. The highest BCUT2D eigenvalue weighted by molar-refractivity contribution is 5.97. The molecule has 0 bridgehead atoms. The van der Waals surface area contributed by atoms with E-state index in [1.807, 2.05) is 12.4 Å². The van der Waals surface area contributed by atoms with Crippen molar-refractivity contribution in [3.05, 3.63) is 23.8 Å². The van der Waals surface area contributed by atoms with E-state index in [9.17, 15) is 4.79 Å². The standard InChI is InChI=1S/C11H13NO3/c1-12-7-9(13)8-2-3-10-11(6-8)15-5-4-14-10/h2-3,6,12H,4-5,7H2,1H3/p+1. The minimum absolute atomic E-state index is 0.106. The molecule has 15 heavy (non-hydrogen) atoms. The molecule has 1 heterocycles. The summed E-state index contributed by atoms with van der Waals surface area (Å²) in [5, 5.41) is 1.85. The molecule has 0 aromatic heterocycles. The SMILES string of the molecule is C[NH2+]CC(=O)c1ccc2c(c1)OCCO2. The Labute approximate surface area is 88.2 Å². The van der Waals surface area contributed by atoms with Gasteiger partial charge in [0.15, 0.2) is 11.5 Å². The van der Waals surface area contributed by atoms with E-state index in [4.69, 9.17) is 9.47 Å². The Balaban J connectivity index is 2.24. The molecule has 0 radical (unpaired) electrons. The van der Waals surface area contributed by atoms with Gasteiger partial charge in [-0.3, -0.25) is 4.79 Å². The second kappa shape index (κ2) is 4.31. The molecule has 0 unspecified atom stereocenters. The Morgan fingerprint density at radius 1 is 1.33 bits per heavy atom. The number of nitrogens with two attached hydrogens (primary N) is 1. The first-order chi connectivity index (χ1) is 7.31. The quantitative estimate of drug-likeness (QED) is 0.702. The highest BCUT2D eigenvalue weighted by Crippen LogP contribution is 2.30. The van der Waals surface area contributed by atoms with E-state index < -0.39 is 0 Å². The zero-order chi connectivity index (χ0) is 10.7. The minimum atomic E-state index is 0.106. The minimum Gasteiger partial charge on any atom is -0.486 e. The second-order valence-electron chi connectivity index (χ2n) is 3.39. The molecule has 1 aromatic carbocycles. The average molecular weight is 208 g/mol. The Morgan fingerprint density at radius 3 is 2.80 bits per heavy atom. The van der Waals surface area contributed by atoms with Crippen LogP contribution in [-0.2, 0) is 0 Å². The first-order valence-electron chi connectivity index (χ1n) is 5.02. The van der Waals surface area contributed by atoms with Gasteiger partial charge < -0.3 is 14.8 Å². The number of benzene rings is 1. The third kappa shape index (κ3) is 2.10. The zero-order valence-corrected chi connectivity index (χ0v) is 8.66. The number of ketones is 1. The van der Waals surface area contributed by atoms with Gasteiger partial charge in [-0.05, 0) is 18.2 Å². The Morgan fingerprint density at radius 2 is 2.07 bits per heavy atom. The van der Waals surface area contributed by atoms with Gasteiger partial charge in [-0.1, -0.05) is 0 Å². The summed E-state index contributed by atoms with van der Waals surface area (Å²) in [7, 11) is 1.87. The molecule has 0 atom stereocenters. The lowest BCUT2D eigenvalue weighted by Gasteiger charge is -2.18. The van der Waals surface area contributed by atoms with Crippen molar-refractivity contribution in [2.75, 3.05) is 26.8 Å². The van der Waals surface area contributed by atoms with Gasteiger partial charge in [-0.15, -0.1) is 0 Å². The van der Waals surface area contributed by atoms with E-state index in [1.54, 1.807) is 18.2 Å². The molecule has 0 spiro atoms. The molecule has 1 aromatic rings. The lowest BCUT2D eigenvalue weighted by molar-refractivity contribution is -0.614. The van der Waals surface area contributed by atoms with Crippen LogP contribution in [0.15, 0.2) is 18.2 Å². The number of ether oxygens (including phenoxy) is 2. The van der Waals surface area contributed by atoms with Crippen LogP contribution in [0, 0.1) is 0 Å². The van der Waals surface area contributed by atoms with Gasteiger partial charge >= 0.3 is 0 Å². The number of quaternary nitrogens is 1. The molecule has 0 fully saturated rings. The summed E-state index contributed by atoms with van der Waals surface area (Å²) >= 11 is 0. The van der Waals surface area contributed by atoms with Crippen LogP contribution in [-0.4, -0.2) is 32.6 Å². The normalized spacial score (nSPS) is 13.7. The lowest BCUT2D eigenvalue weighted by Crippen LogP contribution is -2.81. The van der Waals surface area contributed by atoms with Crippen molar-refractivity contribution in [3.8, 4) is 11.5 Å². The molecule has 4 heteroatoms. The highest BCUT2D eigenvalue weighted by atomic mass is 16.6. The van der Waals surface area contributed by atoms with Crippen LogP contribution < -0.4 is 14.8 Å². The van der Waals surface area contributed by atoms with Crippen molar-refractivity contribution in [1.29, 1.82) is 0 Å². The summed E-state index contributed by atoms with van der Waals surface area (Å²) in [6.45, 7) is 1.58. The van der Waals surface area contributed by atoms with Crippen molar-refractivity contribution < 1.29 is 19.6 Å². The monoisotopic (exact) mass is 208 g/mol. The van der Waals surface area contributed by atoms with E-state index in [2.05, 4.69) is 0 Å². The molecule has 1 aliphatic rings. The number of carbonyl (C=O) groups is 1. The van der Waals surface area contributed by atoms with Crippen LogP contribution in [0.25, 0.3) is 0 Å². The predicted octanol–water partition coefficient (Wildman–Crippen LogP) is -0.166. The fourth-order valence-electron chi connectivity index (χ4n) is 1.52. The van der Waals surface area contributed by atoms with Crippen molar-refractivity contribution in [1.82, 2.24) is 0 Å². The van der Waals surface area contributed by atoms with E-state index in [0.29, 0.717) is 31.1 Å². The van der Waals surface area contributed by atoms with E-state index in [0.717, 1.165) is 5.75 Å². The molecule has 0 saturated heterocycles. The first kappa shape index (κ1) is 9.98. The van der Waals surface area contributed by atoms with E-state index in [1.165, 1.54) is 0 Å². The van der Waals surface area contributed by atoms with Crippen LogP contribution in [0.1, 0.15) is 10.4 Å². The van der Waals surface area contributed by atoms with Gasteiger partial charge in [0.1, 0.15) is 19.8 Å². The highest BCUT2D eigenvalue weighted by Gasteiger charge is 2.14. The first-order valence-corrected chi connectivity index (χ1v) is 5.02. The molecule has 2 rings (SSSR count). The van der Waals surface area contributed by atoms with Crippen LogP contribution in [0.2, 0.25) is 0 Å². The predicted molar refractivity (Wildman–Crippen MR) is 54.5 cm³/mol. The van der Waals surface area contributed by atoms with Gasteiger partial charge in [-0.25, -0.2) is 0 Å². The van der Waals surface area contributed by atoms with Crippen molar-refractivity contribution in [3.63, 3.8) is 0 Å². The third-order valence-corrected chi connectivity index (χ3v) is 2.25. The molecule has 0 amide bonds. The van der Waals surface area contributed by atoms with Crippen LogP contribution in [0.5, 0.6) is 11.5 Å². The molecule has 2 N–H and O–H groups in total. The van der Waals surface area contributed by atoms with Crippen LogP contribution >= 0.6 is 0 Å². The van der Waals surface area contributed by atoms with E-state index in [-0.39, 0.29) is 5.78 Å². The van der Waals surface area contributed by atoms with Gasteiger partial charge in [-0.2, -0.15) is 0 Å². The molecule has 80 valence electrons. The van der Waals surface area contributed by atoms with Crippen molar-refractivity contribution in [2.24, 2.45) is 0 Å². The number of hydrogen-bond donors (Lipinski definition) is 1. The number of likely N-dealkylation sites (N-methyl/N-ethyl adjacent to an activating group) is 1. The Kier molecular flexibility index (Phi) is 2.87. The zero-order valence-electron chi connectivity index (χ0n) is 8.66. The molecule has 1 aliphatic heterocycles. The molecule has 0 saturated carbocycles. The van der Waals surface area contributed by atoms with Crippen LogP contribution in [0.4, 0.5) is 0 Å². The van der Waals surface area contributed by atoms with Gasteiger partial charge in [0.25, 0.3) is 0 Å². The maximum atomic E-state index is 11.6. The molecular formula is C11H14NO3+. The summed E-state index contributed by atoms with van der Waals surface area (Å²) in [4.78, 5) is 11.6. The second-order valence-corrected chi connectivity index (χ2v) is 3.39. The van der Waals surface area contributed by atoms with Gasteiger partial charge in [0, 0.05) is 5.56 Å². The van der Waals surface area contributed by atoms with Crippen molar-refractivity contribution >= 4 is 5.78 Å². The fraction of sp³-hybridized carbons (Fsp3) is 0.364. The van der Waals surface area contributed by atoms with Crippen molar-refractivity contribution in [2.45, 2.75) is 0 Å². The van der Waals surface area contributed by atoms with Gasteiger partial charge in [0.2, 0.25) is 5.78 Å². The molecule has 4 nitrogen and oxygen atoms in total. The summed E-state index contributed by atoms with van der Waals surface area (Å²) in [5.41, 5.74) is 0.678. The number of hydrogen-bond acceptors (Lipinski definition) is 3. The maximum absolute atomic E-state index is 11.6.